The Morgan fingerprint density at radius 1 is 1.04 bits per heavy atom. The van der Waals surface area contributed by atoms with Crippen molar-refractivity contribution in [3.8, 4) is 11.5 Å². The van der Waals surface area contributed by atoms with Gasteiger partial charge in [0.1, 0.15) is 0 Å². The van der Waals surface area contributed by atoms with E-state index in [4.69, 9.17) is 25.8 Å². The fraction of sp³-hybridized carbons (Fsp3) is 0.667. The van der Waals surface area contributed by atoms with E-state index < -0.39 is 0 Å². The van der Waals surface area contributed by atoms with E-state index in [1.54, 1.807) is 0 Å². The van der Waals surface area contributed by atoms with Crippen LogP contribution in [0.4, 0.5) is 0 Å². The van der Waals surface area contributed by atoms with Gasteiger partial charge in [-0.05, 0) is 23.5 Å². The van der Waals surface area contributed by atoms with Crippen molar-refractivity contribution in [2.45, 2.75) is 6.54 Å². The van der Waals surface area contributed by atoms with E-state index in [0.717, 1.165) is 63.8 Å². The smallest absolute Gasteiger partial charge is 0.231 e. The van der Waals surface area contributed by atoms with Crippen molar-refractivity contribution in [1.29, 1.82) is 0 Å². The van der Waals surface area contributed by atoms with Gasteiger partial charge in [0.15, 0.2) is 11.5 Å². The van der Waals surface area contributed by atoms with Gasteiger partial charge in [0.2, 0.25) is 6.79 Å². The van der Waals surface area contributed by atoms with Gasteiger partial charge in [-0.1, -0.05) is 11.6 Å². The summed E-state index contributed by atoms with van der Waals surface area (Å²) in [6.07, 6.45) is 0. The topological polar surface area (TPSA) is 54.4 Å². The Bertz CT molecular complexity index is 609. The van der Waals surface area contributed by atoms with Gasteiger partial charge >= 0.3 is 0 Å². The maximum absolute atomic E-state index is 9.80. The average Bonchev–Trinajstić information content (AvgIpc) is 3.22. The van der Waals surface area contributed by atoms with Crippen molar-refractivity contribution in [3.63, 3.8) is 0 Å². The zero-order valence-electron chi connectivity index (χ0n) is 14.3. The number of likely N-dealkylation sites (tertiary alicyclic amines) is 1. The number of aliphatic hydroxyl groups excluding tert-OH is 1. The van der Waals surface area contributed by atoms with Gasteiger partial charge < -0.3 is 19.3 Å². The van der Waals surface area contributed by atoms with Crippen LogP contribution < -0.4 is 9.47 Å². The summed E-state index contributed by atoms with van der Waals surface area (Å²) < 4.78 is 16.3. The highest BCUT2D eigenvalue weighted by Gasteiger charge is 2.34. The lowest BCUT2D eigenvalue weighted by molar-refractivity contribution is 0.0264. The number of benzene rings is 1. The highest BCUT2D eigenvalue weighted by Crippen LogP contribution is 2.38. The van der Waals surface area contributed by atoms with Gasteiger partial charge in [0, 0.05) is 57.0 Å². The Labute approximate surface area is 153 Å². The second-order valence-corrected chi connectivity index (χ2v) is 7.51. The molecule has 3 aliphatic rings. The standard InChI is InChI=1S/C18H25ClN2O4/c19-16-6-18-17(24-12-25-18)5-13(16)7-21-9-14(15(10-21)11-22)8-20-1-3-23-4-2-20/h5-6,14-15,22H,1-4,7-12H2/t14-,15-/m0/s1. The van der Waals surface area contributed by atoms with Crippen LogP contribution in [0.5, 0.6) is 11.5 Å². The Hall–Kier alpha value is -1.05. The average molecular weight is 369 g/mol. The molecule has 0 amide bonds. The maximum Gasteiger partial charge on any atom is 0.231 e. The SMILES string of the molecule is OC[C@@H]1CN(Cc2cc3c(cc2Cl)OCO3)C[C@@H]1CN1CCOCC1. The molecular formula is C18H25ClN2O4. The van der Waals surface area contributed by atoms with Crippen LogP contribution in [0.3, 0.4) is 0 Å². The van der Waals surface area contributed by atoms with E-state index >= 15 is 0 Å². The largest absolute Gasteiger partial charge is 0.454 e. The van der Waals surface area contributed by atoms with Crippen LogP contribution in [-0.2, 0) is 11.3 Å². The van der Waals surface area contributed by atoms with E-state index in [-0.39, 0.29) is 13.4 Å². The van der Waals surface area contributed by atoms with Gasteiger partial charge in [-0.3, -0.25) is 9.80 Å². The number of ether oxygens (including phenoxy) is 3. The highest BCUT2D eigenvalue weighted by atomic mass is 35.5. The minimum atomic E-state index is 0.236. The van der Waals surface area contributed by atoms with Gasteiger partial charge in [-0.15, -0.1) is 0 Å². The van der Waals surface area contributed by atoms with Crippen LogP contribution in [0, 0.1) is 11.8 Å². The molecule has 1 N–H and O–H groups in total. The summed E-state index contributed by atoms with van der Waals surface area (Å²) in [6, 6.07) is 3.82. The third-order valence-corrected chi connectivity index (χ3v) is 5.77. The fourth-order valence-corrected chi connectivity index (χ4v) is 4.23. The van der Waals surface area contributed by atoms with E-state index in [9.17, 15) is 5.11 Å². The van der Waals surface area contributed by atoms with Crippen molar-refractivity contribution in [1.82, 2.24) is 9.80 Å². The third kappa shape index (κ3) is 3.88. The molecule has 0 bridgehead atoms. The molecule has 3 aliphatic heterocycles. The van der Waals surface area contributed by atoms with Crippen LogP contribution in [0.1, 0.15) is 5.56 Å². The van der Waals surface area contributed by atoms with Crippen molar-refractivity contribution >= 4 is 11.6 Å². The number of nitrogens with zero attached hydrogens (tertiary/aromatic N) is 2. The molecule has 138 valence electrons. The molecule has 0 radical (unpaired) electrons. The predicted molar refractivity (Wildman–Crippen MR) is 94.2 cm³/mol. The molecule has 6 nitrogen and oxygen atoms in total. The Morgan fingerprint density at radius 3 is 2.52 bits per heavy atom. The second-order valence-electron chi connectivity index (χ2n) is 7.11. The number of halogens is 1. The quantitative estimate of drug-likeness (QED) is 0.848. The monoisotopic (exact) mass is 368 g/mol. The summed E-state index contributed by atoms with van der Waals surface area (Å²) in [6.45, 7) is 7.77. The first-order valence-corrected chi connectivity index (χ1v) is 9.32. The zero-order chi connectivity index (χ0) is 17.2. The molecule has 25 heavy (non-hydrogen) atoms. The number of hydrogen-bond acceptors (Lipinski definition) is 6. The summed E-state index contributed by atoms with van der Waals surface area (Å²) in [4.78, 5) is 4.84. The molecule has 2 atom stereocenters. The Balaban J connectivity index is 1.40. The van der Waals surface area contributed by atoms with Crippen molar-refractivity contribution in [2.24, 2.45) is 11.8 Å². The van der Waals surface area contributed by atoms with E-state index in [0.29, 0.717) is 22.6 Å². The lowest BCUT2D eigenvalue weighted by atomic mass is 9.96. The van der Waals surface area contributed by atoms with Crippen LogP contribution in [0.2, 0.25) is 5.02 Å². The van der Waals surface area contributed by atoms with Crippen LogP contribution in [0.15, 0.2) is 12.1 Å². The molecule has 2 fully saturated rings. The van der Waals surface area contributed by atoms with Gasteiger partial charge in [-0.2, -0.15) is 0 Å². The lowest BCUT2D eigenvalue weighted by Gasteiger charge is -2.30. The van der Waals surface area contributed by atoms with Crippen LogP contribution >= 0.6 is 11.6 Å². The number of morpholine rings is 1. The molecule has 0 unspecified atom stereocenters. The molecule has 2 saturated heterocycles. The molecule has 0 saturated carbocycles. The first-order valence-electron chi connectivity index (χ1n) is 8.94. The Morgan fingerprint density at radius 2 is 1.76 bits per heavy atom. The predicted octanol–water partition coefficient (Wildman–Crippen LogP) is 1.44. The fourth-order valence-electron chi connectivity index (χ4n) is 4.02. The number of fused-ring (bicyclic) bond motifs is 1. The van der Waals surface area contributed by atoms with E-state index in [1.165, 1.54) is 0 Å². The molecule has 0 aliphatic carbocycles. The number of rotatable bonds is 5. The third-order valence-electron chi connectivity index (χ3n) is 5.42. The molecule has 1 aromatic rings. The molecule has 4 rings (SSSR count). The van der Waals surface area contributed by atoms with E-state index in [2.05, 4.69) is 9.80 Å². The van der Waals surface area contributed by atoms with Crippen LogP contribution in [0.25, 0.3) is 0 Å². The molecule has 7 heteroatoms. The second kappa shape index (κ2) is 7.68. The summed E-state index contributed by atoms with van der Waals surface area (Å²) in [7, 11) is 0. The molecule has 3 heterocycles. The summed E-state index contributed by atoms with van der Waals surface area (Å²) in [5.74, 6) is 2.28. The van der Waals surface area contributed by atoms with E-state index in [1.807, 2.05) is 12.1 Å². The van der Waals surface area contributed by atoms with Gasteiger partial charge in [0.25, 0.3) is 0 Å². The molecule has 0 spiro atoms. The van der Waals surface area contributed by atoms with Crippen molar-refractivity contribution in [3.05, 3.63) is 22.7 Å². The normalized spacial score (nSPS) is 27.1. The summed E-state index contributed by atoms with van der Waals surface area (Å²) in [5, 5.41) is 10.5. The maximum atomic E-state index is 9.80. The number of hydrogen-bond donors (Lipinski definition) is 1. The van der Waals surface area contributed by atoms with Gasteiger partial charge in [-0.25, -0.2) is 0 Å². The first-order chi connectivity index (χ1) is 12.2. The minimum absolute atomic E-state index is 0.236. The number of aliphatic hydroxyl groups is 1. The zero-order valence-corrected chi connectivity index (χ0v) is 15.1. The lowest BCUT2D eigenvalue weighted by Crippen LogP contribution is -2.41. The van der Waals surface area contributed by atoms with Crippen molar-refractivity contribution in [2.75, 3.05) is 59.3 Å². The summed E-state index contributed by atoms with van der Waals surface area (Å²) >= 11 is 6.41. The highest BCUT2D eigenvalue weighted by molar-refractivity contribution is 6.31. The molecule has 0 aromatic heterocycles. The first kappa shape index (κ1) is 17.4. The minimum Gasteiger partial charge on any atom is -0.454 e. The van der Waals surface area contributed by atoms with Gasteiger partial charge in [0.05, 0.1) is 13.2 Å². The van der Waals surface area contributed by atoms with Crippen LogP contribution in [-0.4, -0.2) is 74.2 Å². The molecule has 1 aromatic carbocycles. The Kier molecular flexibility index (Phi) is 5.33. The summed E-state index contributed by atoms with van der Waals surface area (Å²) in [5.41, 5.74) is 1.05. The van der Waals surface area contributed by atoms with Crippen molar-refractivity contribution < 1.29 is 19.3 Å². The molecular weight excluding hydrogens is 344 g/mol.